The Bertz CT molecular complexity index is 1310. The second-order valence-corrected chi connectivity index (χ2v) is 9.07. The monoisotopic (exact) mass is 542 g/mol. The number of hydrogen-bond donors (Lipinski definition) is 2. The Morgan fingerprint density at radius 1 is 1.00 bits per heavy atom. The zero-order chi connectivity index (χ0) is 26.2. The van der Waals surface area contributed by atoms with Gasteiger partial charge in [0.15, 0.2) is 6.04 Å². The van der Waals surface area contributed by atoms with Crippen molar-refractivity contribution in [3.63, 3.8) is 0 Å². The van der Waals surface area contributed by atoms with E-state index in [4.69, 9.17) is 11.6 Å². The Morgan fingerprint density at radius 3 is 2.06 bits per heavy atom. The Hall–Kier alpha value is -3.24. The Balaban J connectivity index is 1.80. The fourth-order valence-electron chi connectivity index (χ4n) is 2.59. The molecule has 17 heteroatoms. The minimum absolute atomic E-state index is 0.0587. The third-order valence-corrected chi connectivity index (χ3v) is 5.95. The maximum atomic E-state index is 13.1. The number of nitrogens with one attached hydrogen (secondary N) is 2. The Kier molecular flexibility index (Phi) is 7.10. The molecule has 0 fully saturated rings. The molecule has 1 atom stereocenters. The number of alkyl halides is 6. The van der Waals surface area contributed by atoms with E-state index in [1.54, 1.807) is 0 Å². The molecule has 0 aliphatic carbocycles. The van der Waals surface area contributed by atoms with Gasteiger partial charge in [0.25, 0.3) is 15.9 Å². The Morgan fingerprint density at radius 2 is 1.54 bits per heavy atom. The van der Waals surface area contributed by atoms with Crippen LogP contribution in [0.25, 0.3) is 11.4 Å². The molecule has 1 amide bonds. The van der Waals surface area contributed by atoms with E-state index >= 15 is 0 Å². The van der Waals surface area contributed by atoms with Crippen LogP contribution in [0.5, 0.6) is 0 Å². The molecule has 0 aliphatic rings. The fourth-order valence-corrected chi connectivity index (χ4v) is 3.56. The van der Waals surface area contributed by atoms with E-state index < -0.39 is 56.8 Å². The highest BCUT2D eigenvalue weighted by atomic mass is 35.5. The molecule has 0 saturated heterocycles. The Labute approximate surface area is 198 Å². The van der Waals surface area contributed by atoms with Gasteiger partial charge < -0.3 is 0 Å². The van der Waals surface area contributed by atoms with Gasteiger partial charge in [-0.3, -0.25) is 10.2 Å². The summed E-state index contributed by atoms with van der Waals surface area (Å²) in [5.74, 6) is -1.63. The van der Waals surface area contributed by atoms with Gasteiger partial charge in [-0.15, -0.1) is 15.0 Å². The molecule has 9 nitrogen and oxygen atoms in total. The molecule has 0 saturated carbocycles. The van der Waals surface area contributed by atoms with Crippen LogP contribution in [-0.2, 0) is 27.2 Å². The van der Waals surface area contributed by atoms with E-state index in [2.05, 4.69) is 15.4 Å². The average Bonchev–Trinajstić information content (AvgIpc) is 3.26. The lowest BCUT2D eigenvalue weighted by Crippen LogP contribution is -2.44. The summed E-state index contributed by atoms with van der Waals surface area (Å²) in [7, 11) is -4.18. The maximum Gasteiger partial charge on any atom is 0.416 e. The number of carbonyl (C=O) groups is 1. The number of hydrazine groups is 1. The lowest BCUT2D eigenvalue weighted by Gasteiger charge is -2.13. The number of nitrogens with zero attached hydrogens (tertiary/aromatic N) is 4. The zero-order valence-electron chi connectivity index (χ0n) is 17.2. The molecule has 0 radical (unpaired) electrons. The summed E-state index contributed by atoms with van der Waals surface area (Å²) in [5.41, 5.74) is -1.90. The third kappa shape index (κ3) is 6.26. The van der Waals surface area contributed by atoms with Crippen molar-refractivity contribution in [3.05, 3.63) is 58.6 Å². The fraction of sp³-hybridized carbons (Fsp3) is 0.222. The lowest BCUT2D eigenvalue weighted by atomic mass is 10.0. The second kappa shape index (κ2) is 9.43. The van der Waals surface area contributed by atoms with E-state index in [0.29, 0.717) is 16.9 Å². The van der Waals surface area contributed by atoms with Gasteiger partial charge in [0, 0.05) is 10.6 Å². The SMILES string of the molecule is CC(C(=O)NNS(=O)(=O)c1ccc(Cl)cc1)n1nnc(-c2cc(C(F)(F)F)cc(C(F)(F)F)c2)n1. The number of halogens is 7. The summed E-state index contributed by atoms with van der Waals surface area (Å²) in [5, 5.41) is 10.8. The van der Waals surface area contributed by atoms with Crippen LogP contribution in [0.3, 0.4) is 0 Å². The predicted octanol–water partition coefficient (Wildman–Crippen LogP) is 3.60. The molecule has 0 spiro atoms. The van der Waals surface area contributed by atoms with E-state index in [1.165, 1.54) is 31.2 Å². The van der Waals surface area contributed by atoms with Gasteiger partial charge in [-0.05, 0) is 54.6 Å². The van der Waals surface area contributed by atoms with Crippen molar-refractivity contribution in [3.8, 4) is 11.4 Å². The summed E-state index contributed by atoms with van der Waals surface area (Å²) >= 11 is 5.69. The molecule has 2 aromatic carbocycles. The molecule has 0 aliphatic heterocycles. The van der Waals surface area contributed by atoms with Crippen molar-refractivity contribution >= 4 is 27.5 Å². The number of rotatable bonds is 6. The quantitative estimate of drug-likeness (QED) is 0.363. The topological polar surface area (TPSA) is 119 Å². The first kappa shape index (κ1) is 26.4. The molecule has 0 bridgehead atoms. The summed E-state index contributed by atoms with van der Waals surface area (Å²) in [6.45, 7) is 1.19. The first-order valence-electron chi connectivity index (χ1n) is 9.24. The zero-order valence-corrected chi connectivity index (χ0v) is 18.8. The van der Waals surface area contributed by atoms with E-state index in [1.807, 2.05) is 10.3 Å². The highest BCUT2D eigenvalue weighted by Crippen LogP contribution is 2.38. The predicted molar refractivity (Wildman–Crippen MR) is 108 cm³/mol. The van der Waals surface area contributed by atoms with Gasteiger partial charge in [-0.2, -0.15) is 31.1 Å². The number of hydrogen-bond acceptors (Lipinski definition) is 6. The standard InChI is InChI=1S/C18H13ClF6N6O3S/c1-9(16(32)27-30-35(33,34)14-4-2-13(19)3-5-14)31-28-15(26-29-31)10-6-11(17(20,21)22)8-12(7-10)18(23,24)25/h2-9,30H,1H3,(H,27,32). The van der Waals surface area contributed by atoms with Gasteiger partial charge in [0.05, 0.1) is 16.0 Å². The summed E-state index contributed by atoms with van der Waals surface area (Å²) in [4.78, 5) is 14.5. The summed E-state index contributed by atoms with van der Waals surface area (Å²) in [6.07, 6.45) is -10.2. The van der Waals surface area contributed by atoms with Crippen LogP contribution in [0.15, 0.2) is 47.4 Å². The molecule has 1 aromatic heterocycles. The highest BCUT2D eigenvalue weighted by Gasteiger charge is 2.37. The van der Waals surface area contributed by atoms with Gasteiger partial charge >= 0.3 is 12.4 Å². The van der Waals surface area contributed by atoms with Crippen LogP contribution in [0.2, 0.25) is 5.02 Å². The van der Waals surface area contributed by atoms with Crippen LogP contribution < -0.4 is 10.3 Å². The van der Waals surface area contributed by atoms with Gasteiger partial charge in [-0.1, -0.05) is 11.6 Å². The van der Waals surface area contributed by atoms with Crippen molar-refractivity contribution in [2.45, 2.75) is 30.2 Å². The molecule has 188 valence electrons. The van der Waals surface area contributed by atoms with E-state index in [9.17, 15) is 39.6 Å². The van der Waals surface area contributed by atoms with Crippen LogP contribution >= 0.6 is 11.6 Å². The summed E-state index contributed by atoms with van der Waals surface area (Å²) in [6, 6.07) is 4.35. The van der Waals surface area contributed by atoms with Crippen molar-refractivity contribution in [2.24, 2.45) is 0 Å². The van der Waals surface area contributed by atoms with Crippen LogP contribution in [0.1, 0.15) is 24.1 Å². The molecule has 1 heterocycles. The first-order chi connectivity index (χ1) is 16.1. The van der Waals surface area contributed by atoms with Gasteiger partial charge in [-0.25, -0.2) is 8.42 Å². The maximum absolute atomic E-state index is 13.1. The molecular weight excluding hydrogens is 530 g/mol. The molecule has 35 heavy (non-hydrogen) atoms. The molecular formula is C18H13ClF6N6O3S. The van der Waals surface area contributed by atoms with Crippen molar-refractivity contribution in [2.75, 3.05) is 0 Å². The van der Waals surface area contributed by atoms with Crippen molar-refractivity contribution in [1.82, 2.24) is 30.5 Å². The number of tetrazole rings is 1. The first-order valence-corrected chi connectivity index (χ1v) is 11.1. The van der Waals surface area contributed by atoms with Crippen LogP contribution in [0.4, 0.5) is 26.3 Å². The smallest absolute Gasteiger partial charge is 0.276 e. The van der Waals surface area contributed by atoms with Crippen molar-refractivity contribution in [1.29, 1.82) is 0 Å². The third-order valence-electron chi connectivity index (χ3n) is 4.43. The number of aromatic nitrogens is 4. The average molecular weight is 543 g/mol. The number of carbonyl (C=O) groups excluding carboxylic acids is 1. The molecule has 1 unspecified atom stereocenters. The normalized spacial score (nSPS) is 13.5. The largest absolute Gasteiger partial charge is 0.416 e. The van der Waals surface area contributed by atoms with E-state index in [0.717, 1.165) is 0 Å². The highest BCUT2D eigenvalue weighted by molar-refractivity contribution is 7.89. The second-order valence-electron chi connectivity index (χ2n) is 6.95. The number of benzene rings is 2. The van der Waals surface area contributed by atoms with Gasteiger partial charge in [0.2, 0.25) is 5.82 Å². The molecule has 3 aromatic rings. The van der Waals surface area contributed by atoms with Crippen LogP contribution in [-0.4, -0.2) is 34.5 Å². The minimum atomic E-state index is -5.08. The van der Waals surface area contributed by atoms with Crippen LogP contribution in [0, 0.1) is 0 Å². The summed E-state index contributed by atoms with van der Waals surface area (Å²) < 4.78 is 103. The lowest BCUT2D eigenvalue weighted by molar-refractivity contribution is -0.143. The van der Waals surface area contributed by atoms with E-state index in [-0.39, 0.29) is 16.0 Å². The molecule has 2 N–H and O–H groups in total. The van der Waals surface area contributed by atoms with Crippen molar-refractivity contribution < 1.29 is 39.6 Å². The minimum Gasteiger partial charge on any atom is -0.276 e. The molecule has 3 rings (SSSR count). The van der Waals surface area contributed by atoms with Gasteiger partial charge in [0.1, 0.15) is 0 Å². The number of amides is 1. The number of sulfonamides is 1.